The first-order chi connectivity index (χ1) is 6.89. The number of ether oxygens (including phenoxy) is 2. The third-order valence-corrected chi connectivity index (χ3v) is 3.22. The topological polar surface area (TPSA) is 105 Å². The molecule has 15 heavy (non-hydrogen) atoms. The van der Waals surface area contributed by atoms with Crippen LogP contribution in [0.25, 0.3) is 0 Å². The molecule has 0 saturated carbocycles. The van der Waals surface area contributed by atoms with Gasteiger partial charge in [0.1, 0.15) is 17.6 Å². The van der Waals surface area contributed by atoms with Gasteiger partial charge in [-0.1, -0.05) is 0 Å². The number of hydrogen-bond acceptors (Lipinski definition) is 6. The molecular weight excluding hydrogens is 247 g/mol. The average molecular weight is 260 g/mol. The van der Waals surface area contributed by atoms with Crippen molar-refractivity contribution in [1.82, 2.24) is 0 Å². The van der Waals surface area contributed by atoms with Gasteiger partial charge in [0.05, 0.1) is 0 Å². The van der Waals surface area contributed by atoms with Crippen molar-refractivity contribution in [3.63, 3.8) is 0 Å². The fourth-order valence-electron chi connectivity index (χ4n) is 1.27. The highest BCUT2D eigenvalue weighted by Gasteiger charge is 2.46. The van der Waals surface area contributed by atoms with Crippen molar-refractivity contribution < 1.29 is 33.5 Å². The number of aliphatic hydroxyl groups is 1. The minimum atomic E-state index is -4.68. The van der Waals surface area contributed by atoms with E-state index in [9.17, 15) is 9.67 Å². The number of hydrogen-bond donors (Lipinski definition) is 3. The number of thioether (sulfide) groups is 1. The lowest BCUT2D eigenvalue weighted by Crippen LogP contribution is -2.34. The van der Waals surface area contributed by atoms with Crippen molar-refractivity contribution >= 4 is 19.6 Å². The molecule has 3 N–H and O–H groups in total. The van der Waals surface area contributed by atoms with Crippen LogP contribution in [0.2, 0.25) is 0 Å². The second-order valence-corrected chi connectivity index (χ2v) is 5.02. The molecule has 9 heteroatoms. The van der Waals surface area contributed by atoms with E-state index in [0.29, 0.717) is 0 Å². The normalized spacial score (nSPS) is 37.1. The molecule has 1 rings (SSSR count). The molecule has 4 atom stereocenters. The number of phosphoric ester groups is 1. The van der Waals surface area contributed by atoms with Crippen LogP contribution in [0.3, 0.4) is 0 Å². The van der Waals surface area contributed by atoms with Gasteiger partial charge >= 0.3 is 7.82 Å². The van der Waals surface area contributed by atoms with Gasteiger partial charge < -0.3 is 24.4 Å². The zero-order valence-electron chi connectivity index (χ0n) is 8.14. The minimum Gasteiger partial charge on any atom is -0.385 e. The van der Waals surface area contributed by atoms with Crippen molar-refractivity contribution in [2.75, 3.05) is 13.4 Å². The van der Waals surface area contributed by atoms with Crippen LogP contribution >= 0.6 is 19.6 Å². The smallest absolute Gasteiger partial charge is 0.385 e. The molecule has 0 aromatic carbocycles. The molecule has 0 radical (unpaired) electrons. The quantitative estimate of drug-likeness (QED) is 0.582. The molecule has 1 saturated heterocycles. The summed E-state index contributed by atoms with van der Waals surface area (Å²) in [5.41, 5.74) is -0.512. The zero-order chi connectivity index (χ0) is 11.6. The van der Waals surface area contributed by atoms with Crippen LogP contribution < -0.4 is 0 Å². The Bertz CT molecular complexity index is 256. The second-order valence-electron chi connectivity index (χ2n) is 2.90. The highest BCUT2D eigenvalue weighted by atomic mass is 32.2. The van der Waals surface area contributed by atoms with Crippen LogP contribution in [0.15, 0.2) is 0 Å². The predicted molar refractivity (Wildman–Crippen MR) is 52.1 cm³/mol. The third kappa shape index (κ3) is 3.40. The third-order valence-electron chi connectivity index (χ3n) is 1.90. The Balaban J connectivity index is 2.66. The first-order valence-electron chi connectivity index (χ1n) is 4.02. The molecule has 0 aromatic heterocycles. The van der Waals surface area contributed by atoms with Gasteiger partial charge in [-0.05, 0) is 6.26 Å². The van der Waals surface area contributed by atoms with Crippen molar-refractivity contribution in [2.45, 2.75) is 23.9 Å². The molecule has 7 nitrogen and oxygen atoms in total. The van der Waals surface area contributed by atoms with Crippen molar-refractivity contribution in [3.8, 4) is 0 Å². The number of rotatable bonds is 4. The Hall–Kier alpha value is 0.340. The van der Waals surface area contributed by atoms with Crippen LogP contribution in [0.1, 0.15) is 0 Å². The van der Waals surface area contributed by atoms with Crippen molar-refractivity contribution in [1.29, 1.82) is 0 Å². The molecule has 90 valence electrons. The molecule has 0 aliphatic carbocycles. The number of aliphatic hydroxyl groups excluding tert-OH is 1. The highest BCUT2D eigenvalue weighted by molar-refractivity contribution is 7.99. The lowest BCUT2D eigenvalue weighted by atomic mass is 10.2. The average Bonchev–Trinajstić information content (AvgIpc) is 2.40. The van der Waals surface area contributed by atoms with Gasteiger partial charge in [-0.2, -0.15) is 0 Å². The van der Waals surface area contributed by atoms with Gasteiger partial charge in [0.25, 0.3) is 0 Å². The van der Waals surface area contributed by atoms with Gasteiger partial charge in [0, 0.05) is 7.11 Å². The molecule has 0 bridgehead atoms. The summed E-state index contributed by atoms with van der Waals surface area (Å²) >= 11 is 1.26. The number of methoxy groups -OCH3 is 1. The number of phosphoric acid groups is 1. The summed E-state index contributed by atoms with van der Waals surface area (Å²) in [6.07, 6.45) is -1.53. The van der Waals surface area contributed by atoms with Gasteiger partial charge in [-0.25, -0.2) is 4.57 Å². The Morgan fingerprint density at radius 3 is 2.40 bits per heavy atom. The highest BCUT2D eigenvalue weighted by Crippen LogP contribution is 2.42. The van der Waals surface area contributed by atoms with E-state index in [4.69, 9.17) is 19.3 Å². The van der Waals surface area contributed by atoms with Gasteiger partial charge in [-0.15, -0.1) is 11.8 Å². The van der Waals surface area contributed by atoms with E-state index in [2.05, 4.69) is 4.52 Å². The summed E-state index contributed by atoms with van der Waals surface area (Å²) in [4.78, 5) is 17.1. The summed E-state index contributed by atoms with van der Waals surface area (Å²) in [5.74, 6) is 0. The van der Waals surface area contributed by atoms with E-state index in [-0.39, 0.29) is 0 Å². The SMILES string of the molecule is CO[C@@H]1C(SC)O[C@H](OP(=O)(O)O)[C@@H]1O. The van der Waals surface area contributed by atoms with Gasteiger partial charge in [0.15, 0.2) is 6.29 Å². The van der Waals surface area contributed by atoms with Crippen LogP contribution in [0, 0.1) is 0 Å². The monoisotopic (exact) mass is 260 g/mol. The van der Waals surface area contributed by atoms with Crippen LogP contribution in [-0.2, 0) is 18.6 Å². The maximum absolute atomic E-state index is 10.6. The van der Waals surface area contributed by atoms with Crippen molar-refractivity contribution in [2.24, 2.45) is 0 Å². The Morgan fingerprint density at radius 2 is 2.07 bits per heavy atom. The Morgan fingerprint density at radius 1 is 1.47 bits per heavy atom. The molecule has 0 spiro atoms. The van der Waals surface area contributed by atoms with Gasteiger partial charge in [-0.3, -0.25) is 4.52 Å². The standard InChI is InChI=1S/C6H13O7PS/c1-11-4-3(7)5(12-6(4)15-2)13-14(8,9)10/h3-7H,1-2H3,(H2,8,9,10)/t3-,4+,5-,6?/m1/s1. The molecule has 1 aliphatic heterocycles. The second kappa shape index (κ2) is 5.11. The fraction of sp³-hybridized carbons (Fsp3) is 1.00. The zero-order valence-corrected chi connectivity index (χ0v) is 9.85. The first kappa shape index (κ1) is 13.4. The maximum atomic E-state index is 10.6. The summed E-state index contributed by atoms with van der Waals surface area (Å²) in [5, 5.41) is 9.58. The predicted octanol–water partition coefficient (Wildman–Crippen LogP) is -0.483. The fourth-order valence-corrected chi connectivity index (χ4v) is 2.47. The minimum absolute atomic E-state index is 0.512. The molecule has 1 fully saturated rings. The Kier molecular flexibility index (Phi) is 4.57. The van der Waals surface area contributed by atoms with Crippen LogP contribution in [0.4, 0.5) is 0 Å². The molecule has 1 unspecified atom stereocenters. The summed E-state index contributed by atoms with van der Waals surface area (Å²) < 4.78 is 24.9. The van der Waals surface area contributed by atoms with Crippen molar-refractivity contribution in [3.05, 3.63) is 0 Å². The summed E-state index contributed by atoms with van der Waals surface area (Å²) in [6, 6.07) is 0. The molecule has 0 amide bonds. The molecule has 1 aliphatic rings. The van der Waals surface area contributed by atoms with E-state index in [1.807, 2.05) is 0 Å². The van der Waals surface area contributed by atoms with Crippen LogP contribution in [0.5, 0.6) is 0 Å². The van der Waals surface area contributed by atoms with E-state index in [1.54, 1.807) is 6.26 Å². The summed E-state index contributed by atoms with van der Waals surface area (Å²) in [6.45, 7) is 0. The van der Waals surface area contributed by atoms with Crippen LogP contribution in [-0.4, -0.2) is 52.2 Å². The molecular formula is C6H13O7PS. The first-order valence-corrected chi connectivity index (χ1v) is 6.84. The lowest BCUT2D eigenvalue weighted by Gasteiger charge is -2.16. The maximum Gasteiger partial charge on any atom is 0.472 e. The van der Waals surface area contributed by atoms with E-state index in [1.165, 1.54) is 18.9 Å². The van der Waals surface area contributed by atoms with Gasteiger partial charge in [0.2, 0.25) is 0 Å². The molecule has 0 aromatic rings. The van der Waals surface area contributed by atoms with E-state index < -0.39 is 31.8 Å². The summed E-state index contributed by atoms with van der Waals surface area (Å²) in [7, 11) is -3.30. The lowest BCUT2D eigenvalue weighted by molar-refractivity contribution is -0.109. The van der Waals surface area contributed by atoms with E-state index >= 15 is 0 Å². The largest absolute Gasteiger partial charge is 0.472 e. The molecule has 1 heterocycles. The Labute approximate surface area is 91.0 Å². The van der Waals surface area contributed by atoms with E-state index in [0.717, 1.165) is 0 Å².